The average molecular weight is 407 g/mol. The van der Waals surface area contributed by atoms with E-state index in [1.807, 2.05) is 0 Å². The summed E-state index contributed by atoms with van der Waals surface area (Å²) in [4.78, 5) is 27.4. The van der Waals surface area contributed by atoms with Crippen LogP contribution in [0.3, 0.4) is 0 Å². The van der Waals surface area contributed by atoms with Crippen LogP contribution in [0.25, 0.3) is 10.9 Å². The molecule has 1 fully saturated rings. The average Bonchev–Trinajstić information content (AvgIpc) is 3.15. The van der Waals surface area contributed by atoms with Crippen molar-refractivity contribution in [3.8, 4) is 0 Å². The van der Waals surface area contributed by atoms with E-state index in [0.29, 0.717) is 17.4 Å². The third-order valence-electron chi connectivity index (χ3n) is 4.90. The molecule has 0 saturated carbocycles. The van der Waals surface area contributed by atoms with Crippen molar-refractivity contribution < 1.29 is 22.7 Å². The molecule has 3 N–H and O–H groups in total. The lowest BCUT2D eigenvalue weighted by Gasteiger charge is -2.22. The Morgan fingerprint density at radius 3 is 2.86 bits per heavy atom. The van der Waals surface area contributed by atoms with Gasteiger partial charge in [-0.15, -0.1) is 0 Å². The second-order valence-electron chi connectivity index (χ2n) is 6.99. The van der Waals surface area contributed by atoms with Crippen LogP contribution in [0.15, 0.2) is 35.4 Å². The summed E-state index contributed by atoms with van der Waals surface area (Å²) in [5.74, 6) is -1.36. The predicted octanol–water partition coefficient (Wildman–Crippen LogP) is 1.68. The number of sulfonamides is 1. The highest BCUT2D eigenvalue weighted by Gasteiger charge is 2.29. The summed E-state index contributed by atoms with van der Waals surface area (Å²) in [5.41, 5.74) is 0.676. The number of benzene rings is 1. The molecule has 2 aromatic rings. The Bertz CT molecular complexity index is 947. The topological polar surface area (TPSA) is 117 Å². The highest BCUT2D eigenvalue weighted by molar-refractivity contribution is 7.89. The molecule has 2 atom stereocenters. The summed E-state index contributed by atoms with van der Waals surface area (Å²) < 4.78 is 32.9. The Hall–Kier alpha value is -2.23. The predicted molar refractivity (Wildman–Crippen MR) is 104 cm³/mol. The molecule has 1 aromatic carbocycles. The number of H-pyrrole nitrogens is 1. The fraction of sp³-hybridized carbons (Fsp3) is 0.474. The fourth-order valence-corrected chi connectivity index (χ4v) is 4.89. The van der Waals surface area contributed by atoms with Crippen molar-refractivity contribution >= 4 is 32.9 Å². The molecule has 3 rings (SSSR count). The molecule has 1 aliphatic rings. The number of rotatable bonds is 7. The van der Waals surface area contributed by atoms with E-state index in [2.05, 4.69) is 15.0 Å². The molecule has 1 aromatic heterocycles. The van der Waals surface area contributed by atoms with Crippen LogP contribution in [0, 0.1) is 5.92 Å². The van der Waals surface area contributed by atoms with Crippen LogP contribution in [0.5, 0.6) is 0 Å². The number of nitrogens with one attached hydrogen (secondary N) is 3. The molecule has 2 heterocycles. The Morgan fingerprint density at radius 2 is 2.14 bits per heavy atom. The number of fused-ring (bicyclic) bond motifs is 1. The van der Waals surface area contributed by atoms with Crippen molar-refractivity contribution in [1.29, 1.82) is 0 Å². The number of aromatic amines is 1. The lowest BCUT2D eigenvalue weighted by molar-refractivity contribution is -0.161. The van der Waals surface area contributed by atoms with Crippen molar-refractivity contribution in [3.05, 3.63) is 30.5 Å². The van der Waals surface area contributed by atoms with E-state index in [4.69, 9.17) is 4.74 Å². The molecule has 0 bridgehead atoms. The lowest BCUT2D eigenvalue weighted by atomic mass is 9.96. The van der Waals surface area contributed by atoms with Crippen LogP contribution in [0.2, 0.25) is 0 Å². The summed E-state index contributed by atoms with van der Waals surface area (Å²) in [6.45, 7) is 3.30. The number of carbonyl (C=O) groups is 2. The van der Waals surface area contributed by atoms with Crippen LogP contribution < -0.4 is 10.0 Å². The molecular formula is C19H25N3O5S. The van der Waals surface area contributed by atoms with E-state index in [9.17, 15) is 18.0 Å². The van der Waals surface area contributed by atoms with Gasteiger partial charge >= 0.3 is 11.9 Å². The molecule has 0 radical (unpaired) electrons. The van der Waals surface area contributed by atoms with Gasteiger partial charge in [0.05, 0.1) is 11.3 Å². The normalized spacial score (nSPS) is 18.7. The first-order valence-corrected chi connectivity index (χ1v) is 10.9. The van der Waals surface area contributed by atoms with E-state index < -0.39 is 28.0 Å². The Kier molecular flexibility index (Phi) is 6.48. The molecule has 28 heavy (non-hydrogen) atoms. The molecule has 1 saturated heterocycles. The zero-order valence-electron chi connectivity index (χ0n) is 15.7. The largest absolute Gasteiger partial charge is 0.392 e. The maximum absolute atomic E-state index is 12.8. The fourth-order valence-electron chi connectivity index (χ4n) is 3.40. The second-order valence-corrected chi connectivity index (χ2v) is 8.67. The molecule has 8 nitrogen and oxygen atoms in total. The van der Waals surface area contributed by atoms with Crippen molar-refractivity contribution in [3.63, 3.8) is 0 Å². The van der Waals surface area contributed by atoms with Gasteiger partial charge in [-0.2, -0.15) is 4.72 Å². The van der Waals surface area contributed by atoms with E-state index in [-0.39, 0.29) is 23.7 Å². The number of hydrogen-bond donors (Lipinski definition) is 3. The van der Waals surface area contributed by atoms with Gasteiger partial charge in [0.1, 0.15) is 6.04 Å². The van der Waals surface area contributed by atoms with Crippen molar-refractivity contribution in [2.24, 2.45) is 5.92 Å². The second kappa shape index (κ2) is 8.85. The van der Waals surface area contributed by atoms with Crippen molar-refractivity contribution in [2.45, 2.75) is 43.5 Å². The van der Waals surface area contributed by atoms with Gasteiger partial charge in [-0.25, -0.2) is 13.2 Å². The van der Waals surface area contributed by atoms with E-state index in [1.54, 1.807) is 31.3 Å². The Labute approximate surface area is 164 Å². The Balaban J connectivity index is 1.66. The molecule has 152 valence electrons. The number of carbonyl (C=O) groups excluding carboxylic acids is 2. The summed E-state index contributed by atoms with van der Waals surface area (Å²) in [5, 5.41) is 3.73. The number of aromatic nitrogens is 1. The zero-order chi connectivity index (χ0) is 20.1. The molecule has 0 spiro atoms. The van der Waals surface area contributed by atoms with Crippen LogP contribution in [-0.2, 0) is 24.3 Å². The smallest absolute Gasteiger partial charge is 0.331 e. The quantitative estimate of drug-likeness (QED) is 0.475. The SMILES string of the molecule is CCC(NS(=O)(=O)c1cccc2[nH]ccc12)C(=O)OC(=O)CC1CCCNC1. The first kappa shape index (κ1) is 20.5. The minimum absolute atomic E-state index is 0.0668. The molecular weight excluding hydrogens is 382 g/mol. The summed E-state index contributed by atoms with van der Waals surface area (Å²) >= 11 is 0. The van der Waals surface area contributed by atoms with Crippen LogP contribution in [0.4, 0.5) is 0 Å². The maximum atomic E-state index is 12.8. The minimum atomic E-state index is -3.97. The lowest BCUT2D eigenvalue weighted by Crippen LogP contribution is -2.42. The number of ether oxygens (including phenoxy) is 1. The van der Waals surface area contributed by atoms with Crippen LogP contribution in [0.1, 0.15) is 32.6 Å². The molecule has 0 aliphatic carbocycles. The number of esters is 2. The first-order chi connectivity index (χ1) is 13.4. The molecule has 1 aliphatic heterocycles. The standard InChI is InChI=1S/C19H25N3O5S/c1-2-15(19(24)27-18(23)11-13-5-4-9-20-12-13)22-28(25,26)17-7-3-6-16-14(17)8-10-21-16/h3,6-8,10,13,15,20-22H,2,4-5,9,11-12H2,1H3. The van der Waals surface area contributed by atoms with E-state index in [1.165, 1.54) is 6.07 Å². The summed E-state index contributed by atoms with van der Waals surface area (Å²) in [7, 11) is -3.97. The molecule has 2 unspecified atom stereocenters. The van der Waals surface area contributed by atoms with Gasteiger partial charge in [0, 0.05) is 17.1 Å². The molecule has 9 heteroatoms. The van der Waals surface area contributed by atoms with E-state index in [0.717, 1.165) is 19.4 Å². The van der Waals surface area contributed by atoms with Crippen molar-refractivity contribution in [2.75, 3.05) is 13.1 Å². The van der Waals surface area contributed by atoms with E-state index >= 15 is 0 Å². The zero-order valence-corrected chi connectivity index (χ0v) is 16.6. The van der Waals surface area contributed by atoms with Gasteiger partial charge in [0.15, 0.2) is 0 Å². The number of piperidine rings is 1. The summed E-state index contributed by atoms with van der Waals surface area (Å²) in [6, 6.07) is 5.38. The van der Waals surface area contributed by atoms with Crippen LogP contribution >= 0.6 is 0 Å². The third kappa shape index (κ3) is 4.78. The summed E-state index contributed by atoms with van der Waals surface area (Å²) in [6.07, 6.45) is 3.84. The van der Waals surface area contributed by atoms with Crippen LogP contribution in [-0.4, -0.2) is 44.5 Å². The van der Waals surface area contributed by atoms with Gasteiger partial charge in [0.25, 0.3) is 0 Å². The van der Waals surface area contributed by atoms with Crippen molar-refractivity contribution in [1.82, 2.24) is 15.0 Å². The minimum Gasteiger partial charge on any atom is -0.392 e. The van der Waals surface area contributed by atoms with Gasteiger partial charge in [-0.3, -0.25) is 4.79 Å². The van der Waals surface area contributed by atoms with Gasteiger partial charge in [-0.05, 0) is 56.5 Å². The van der Waals surface area contributed by atoms with Gasteiger partial charge in [0.2, 0.25) is 10.0 Å². The Morgan fingerprint density at radius 1 is 1.32 bits per heavy atom. The highest BCUT2D eigenvalue weighted by Crippen LogP contribution is 2.22. The third-order valence-corrected chi connectivity index (χ3v) is 6.43. The maximum Gasteiger partial charge on any atom is 0.331 e. The van der Waals surface area contributed by atoms with Gasteiger partial charge in [-0.1, -0.05) is 13.0 Å². The van der Waals surface area contributed by atoms with Gasteiger partial charge < -0.3 is 15.0 Å². The molecule has 0 amide bonds. The monoisotopic (exact) mass is 407 g/mol. The highest BCUT2D eigenvalue weighted by atomic mass is 32.2. The first-order valence-electron chi connectivity index (χ1n) is 9.44. The number of hydrogen-bond acceptors (Lipinski definition) is 6.